The molecule has 0 radical (unpaired) electrons. The van der Waals surface area contributed by atoms with Gasteiger partial charge < -0.3 is 14.7 Å². The maximum Gasteiger partial charge on any atom is 0.357 e. The quantitative estimate of drug-likeness (QED) is 0.576. The van der Waals surface area contributed by atoms with Gasteiger partial charge >= 0.3 is 5.97 Å². The Kier molecular flexibility index (Phi) is 6.77. The number of esters is 1. The van der Waals surface area contributed by atoms with Crippen LogP contribution in [-0.2, 0) is 11.2 Å². The molecule has 0 amide bonds. The van der Waals surface area contributed by atoms with Crippen LogP contribution in [0.3, 0.4) is 0 Å². The molecule has 3 aromatic rings. The van der Waals surface area contributed by atoms with E-state index in [1.54, 1.807) is 11.8 Å². The minimum absolute atomic E-state index is 0.146. The lowest BCUT2D eigenvalue weighted by Crippen LogP contribution is -2.36. The fraction of sp³-hybridized carbons (Fsp3) is 0.227. The largest absolute Gasteiger partial charge is 0.464 e. The average Bonchev–Trinajstić information content (AvgIpc) is 3.15. The number of nitriles is 1. The predicted octanol–water partition coefficient (Wildman–Crippen LogP) is 3.99. The number of aromatic nitrogens is 1. The van der Waals surface area contributed by atoms with Crippen LogP contribution in [-0.4, -0.2) is 35.8 Å². The molecule has 1 N–H and O–H groups in total. The molecule has 8 heteroatoms. The Balaban J connectivity index is 2.11. The molecule has 0 aliphatic carbocycles. The van der Waals surface area contributed by atoms with Crippen molar-refractivity contribution in [2.24, 2.45) is 0 Å². The second-order valence-corrected chi connectivity index (χ2v) is 7.75. The Morgan fingerprint density at radius 2 is 2.07 bits per heavy atom. The molecule has 154 valence electrons. The monoisotopic (exact) mass is 425 g/mol. The smallest absolute Gasteiger partial charge is 0.357 e. The zero-order valence-electron chi connectivity index (χ0n) is 16.5. The molecule has 0 saturated heterocycles. The third-order valence-electron chi connectivity index (χ3n) is 4.60. The zero-order chi connectivity index (χ0) is 21.7. The van der Waals surface area contributed by atoms with Gasteiger partial charge in [0.05, 0.1) is 37.1 Å². The zero-order valence-corrected chi connectivity index (χ0v) is 17.3. The number of aliphatic hydroxyl groups is 1. The first-order valence-corrected chi connectivity index (χ1v) is 9.99. The van der Waals surface area contributed by atoms with Gasteiger partial charge in [-0.05, 0) is 37.1 Å². The lowest BCUT2D eigenvalue weighted by Gasteiger charge is -2.31. The molecule has 0 aliphatic rings. The number of aryl methyl sites for hydroxylation is 1. The topological polar surface area (TPSA) is 86.5 Å². The number of halogens is 1. The molecule has 1 aromatic heterocycles. The molecule has 2 aromatic carbocycles. The minimum atomic E-state index is -0.618. The molecule has 0 spiro atoms. The van der Waals surface area contributed by atoms with E-state index >= 15 is 0 Å². The van der Waals surface area contributed by atoms with E-state index < -0.39 is 17.8 Å². The number of ether oxygens (including phenoxy) is 1. The summed E-state index contributed by atoms with van der Waals surface area (Å²) in [6, 6.07) is 15.0. The number of carbonyl (C=O) groups is 1. The summed E-state index contributed by atoms with van der Waals surface area (Å²) in [6.45, 7) is 1.45. The van der Waals surface area contributed by atoms with Crippen LogP contribution in [0.25, 0.3) is 0 Å². The van der Waals surface area contributed by atoms with Crippen LogP contribution >= 0.6 is 11.3 Å². The van der Waals surface area contributed by atoms with Crippen molar-refractivity contribution < 1.29 is 19.0 Å². The fourth-order valence-corrected chi connectivity index (χ4v) is 4.11. The van der Waals surface area contributed by atoms with Crippen molar-refractivity contribution in [3.8, 4) is 6.07 Å². The van der Waals surface area contributed by atoms with Crippen LogP contribution in [0.15, 0.2) is 48.5 Å². The Labute approximate surface area is 177 Å². The maximum absolute atomic E-state index is 15.0. The van der Waals surface area contributed by atoms with Gasteiger partial charge in [-0.2, -0.15) is 5.26 Å². The highest BCUT2D eigenvalue weighted by molar-refractivity contribution is 7.15. The van der Waals surface area contributed by atoms with Crippen molar-refractivity contribution in [2.45, 2.75) is 19.4 Å². The summed E-state index contributed by atoms with van der Waals surface area (Å²) in [5.41, 5.74) is 1.45. The second-order valence-electron chi connectivity index (χ2n) is 6.57. The number of hydrogen-bond acceptors (Lipinski definition) is 7. The number of carbonyl (C=O) groups excluding carboxylic acids is 1. The number of methoxy groups -OCH3 is 1. The summed E-state index contributed by atoms with van der Waals surface area (Å²) < 4.78 is 19.7. The number of rotatable bonds is 7. The van der Waals surface area contributed by atoms with Gasteiger partial charge in [0.15, 0.2) is 10.8 Å². The molecular formula is C22H20FN3O3S. The van der Waals surface area contributed by atoms with Crippen LogP contribution in [0.1, 0.15) is 26.5 Å². The number of benzene rings is 2. The number of nitrogens with zero attached hydrogens (tertiary/aromatic N) is 3. The van der Waals surface area contributed by atoms with E-state index in [0.29, 0.717) is 16.4 Å². The van der Waals surface area contributed by atoms with Crippen molar-refractivity contribution in [3.05, 3.63) is 76.0 Å². The van der Waals surface area contributed by atoms with Crippen LogP contribution in [0.4, 0.5) is 15.2 Å². The van der Waals surface area contributed by atoms with E-state index in [1.807, 2.05) is 36.4 Å². The first kappa shape index (κ1) is 21.4. The molecule has 3 rings (SSSR count). The molecular weight excluding hydrogens is 405 g/mol. The lowest BCUT2D eigenvalue weighted by atomic mass is 10.0. The van der Waals surface area contributed by atoms with Gasteiger partial charge in [0.1, 0.15) is 5.82 Å². The van der Waals surface area contributed by atoms with Crippen molar-refractivity contribution >= 4 is 28.1 Å². The Hall–Kier alpha value is -3.28. The van der Waals surface area contributed by atoms with E-state index in [-0.39, 0.29) is 23.6 Å². The summed E-state index contributed by atoms with van der Waals surface area (Å²) in [5, 5.41) is 19.6. The van der Waals surface area contributed by atoms with Crippen molar-refractivity contribution in [1.82, 2.24) is 4.98 Å². The van der Waals surface area contributed by atoms with E-state index in [0.717, 1.165) is 11.6 Å². The number of hydrogen-bond donors (Lipinski definition) is 1. The van der Waals surface area contributed by atoms with Gasteiger partial charge in [0, 0.05) is 4.88 Å². The normalized spacial score (nSPS) is 11.6. The third kappa shape index (κ3) is 4.48. The molecule has 0 saturated carbocycles. The van der Waals surface area contributed by atoms with Gasteiger partial charge in [-0.3, -0.25) is 0 Å². The molecule has 1 atom stereocenters. The SMILES string of the molecule is COC(=O)c1nc(N(c2ccc(C#N)cc2F)[C@@H](CO)Cc2ccccc2)sc1C. The Morgan fingerprint density at radius 3 is 2.67 bits per heavy atom. The molecule has 30 heavy (non-hydrogen) atoms. The first-order valence-electron chi connectivity index (χ1n) is 9.17. The highest BCUT2D eigenvalue weighted by Crippen LogP contribution is 2.36. The summed E-state index contributed by atoms with van der Waals surface area (Å²) >= 11 is 1.21. The predicted molar refractivity (Wildman–Crippen MR) is 112 cm³/mol. The fourth-order valence-electron chi connectivity index (χ4n) is 3.12. The molecule has 0 unspecified atom stereocenters. The van der Waals surface area contributed by atoms with E-state index in [1.165, 1.54) is 30.6 Å². The Bertz CT molecular complexity index is 1080. The van der Waals surface area contributed by atoms with Crippen molar-refractivity contribution in [2.75, 3.05) is 18.6 Å². The van der Waals surface area contributed by atoms with Gasteiger partial charge in [-0.15, -0.1) is 11.3 Å². The minimum Gasteiger partial charge on any atom is -0.464 e. The highest BCUT2D eigenvalue weighted by atomic mass is 32.1. The summed E-state index contributed by atoms with van der Waals surface area (Å²) in [6.07, 6.45) is 0.420. The van der Waals surface area contributed by atoms with E-state index in [2.05, 4.69) is 4.98 Å². The van der Waals surface area contributed by atoms with Crippen LogP contribution < -0.4 is 4.90 Å². The molecule has 0 fully saturated rings. The van der Waals surface area contributed by atoms with Gasteiger partial charge in [0.25, 0.3) is 0 Å². The molecule has 6 nitrogen and oxygen atoms in total. The summed E-state index contributed by atoms with van der Waals surface area (Å²) in [4.78, 5) is 18.6. The summed E-state index contributed by atoms with van der Waals surface area (Å²) in [5.74, 6) is -1.20. The number of anilines is 2. The molecule has 0 bridgehead atoms. The molecule has 0 aliphatic heterocycles. The third-order valence-corrected chi connectivity index (χ3v) is 5.57. The van der Waals surface area contributed by atoms with Crippen LogP contribution in [0.2, 0.25) is 0 Å². The van der Waals surface area contributed by atoms with Crippen LogP contribution in [0.5, 0.6) is 0 Å². The van der Waals surface area contributed by atoms with E-state index in [4.69, 9.17) is 10.00 Å². The van der Waals surface area contributed by atoms with Crippen molar-refractivity contribution in [3.63, 3.8) is 0 Å². The Morgan fingerprint density at radius 1 is 1.33 bits per heavy atom. The van der Waals surface area contributed by atoms with Gasteiger partial charge in [-0.1, -0.05) is 30.3 Å². The molecule has 1 heterocycles. The standard InChI is InChI=1S/C22H20FN3O3S/c1-14-20(21(28)29-2)25-22(30-14)26(19-9-8-16(12-24)11-18(19)23)17(13-27)10-15-6-4-3-5-7-15/h3-9,11,17,27H,10,13H2,1-2H3/t17-/m1/s1. The maximum atomic E-state index is 15.0. The first-order chi connectivity index (χ1) is 14.5. The lowest BCUT2D eigenvalue weighted by molar-refractivity contribution is 0.0594. The van der Waals surface area contributed by atoms with Crippen molar-refractivity contribution in [1.29, 1.82) is 5.26 Å². The number of thiazole rings is 1. The highest BCUT2D eigenvalue weighted by Gasteiger charge is 2.28. The number of aliphatic hydroxyl groups excluding tert-OH is 1. The van der Waals surface area contributed by atoms with Crippen LogP contribution in [0, 0.1) is 24.1 Å². The van der Waals surface area contributed by atoms with Gasteiger partial charge in [0.2, 0.25) is 0 Å². The van der Waals surface area contributed by atoms with Gasteiger partial charge in [-0.25, -0.2) is 14.2 Å². The second kappa shape index (κ2) is 9.48. The summed E-state index contributed by atoms with van der Waals surface area (Å²) in [7, 11) is 1.27. The average molecular weight is 425 g/mol. The van der Waals surface area contributed by atoms with E-state index in [9.17, 15) is 14.3 Å².